The standard InChI is InChI=1S/C16H16N2O/c1-11-8-13(19)10-18(11)16-7-6-12(9-17)14-4-2-3-5-15(14)16/h2-7,11,13,19H,8,10H2,1H3. The van der Waals surface area contributed by atoms with E-state index in [0.717, 1.165) is 22.9 Å². The van der Waals surface area contributed by atoms with E-state index in [1.54, 1.807) is 0 Å². The molecule has 1 saturated heterocycles. The predicted molar refractivity (Wildman–Crippen MR) is 76.1 cm³/mol. The van der Waals surface area contributed by atoms with Crippen LogP contribution in [0.3, 0.4) is 0 Å². The van der Waals surface area contributed by atoms with Crippen molar-refractivity contribution in [3.63, 3.8) is 0 Å². The van der Waals surface area contributed by atoms with Crippen LogP contribution in [0.5, 0.6) is 0 Å². The van der Waals surface area contributed by atoms with Gasteiger partial charge in [0.25, 0.3) is 0 Å². The first-order valence-corrected chi connectivity index (χ1v) is 6.57. The number of benzene rings is 2. The van der Waals surface area contributed by atoms with Crippen LogP contribution in [-0.4, -0.2) is 23.8 Å². The lowest BCUT2D eigenvalue weighted by Gasteiger charge is -2.25. The van der Waals surface area contributed by atoms with Gasteiger partial charge >= 0.3 is 0 Å². The minimum absolute atomic E-state index is 0.260. The van der Waals surface area contributed by atoms with E-state index in [9.17, 15) is 10.4 Å². The van der Waals surface area contributed by atoms with E-state index in [-0.39, 0.29) is 6.10 Å². The highest BCUT2D eigenvalue weighted by Crippen LogP contribution is 2.33. The molecule has 96 valence electrons. The summed E-state index contributed by atoms with van der Waals surface area (Å²) in [5.41, 5.74) is 1.81. The van der Waals surface area contributed by atoms with Gasteiger partial charge in [-0.3, -0.25) is 0 Å². The number of hydrogen-bond donors (Lipinski definition) is 1. The topological polar surface area (TPSA) is 47.3 Å². The SMILES string of the molecule is CC1CC(O)CN1c1ccc(C#N)c2ccccc12. The van der Waals surface area contributed by atoms with E-state index in [0.29, 0.717) is 18.2 Å². The molecule has 2 atom stereocenters. The molecule has 0 aliphatic carbocycles. The van der Waals surface area contributed by atoms with E-state index in [1.165, 1.54) is 0 Å². The van der Waals surface area contributed by atoms with Gasteiger partial charge in [0.1, 0.15) is 0 Å². The van der Waals surface area contributed by atoms with Crippen LogP contribution in [0.2, 0.25) is 0 Å². The number of rotatable bonds is 1. The molecular weight excluding hydrogens is 236 g/mol. The van der Waals surface area contributed by atoms with Crippen molar-refractivity contribution < 1.29 is 5.11 Å². The number of aliphatic hydroxyl groups is 1. The Kier molecular flexibility index (Phi) is 2.88. The molecule has 2 aromatic carbocycles. The second-order valence-electron chi connectivity index (χ2n) is 5.18. The minimum Gasteiger partial charge on any atom is -0.391 e. The second kappa shape index (κ2) is 4.56. The number of nitriles is 1. The Morgan fingerprint density at radius 3 is 2.58 bits per heavy atom. The van der Waals surface area contributed by atoms with Gasteiger partial charge in [-0.15, -0.1) is 0 Å². The molecular formula is C16H16N2O. The monoisotopic (exact) mass is 252 g/mol. The molecule has 3 heteroatoms. The minimum atomic E-state index is -0.260. The van der Waals surface area contributed by atoms with Crippen molar-refractivity contribution in [2.45, 2.75) is 25.5 Å². The molecule has 1 heterocycles. The molecule has 19 heavy (non-hydrogen) atoms. The molecule has 2 unspecified atom stereocenters. The van der Waals surface area contributed by atoms with Gasteiger partial charge in [-0.25, -0.2) is 0 Å². The van der Waals surface area contributed by atoms with Gasteiger partial charge in [0.05, 0.1) is 17.7 Å². The third kappa shape index (κ3) is 1.94. The van der Waals surface area contributed by atoms with Gasteiger partial charge < -0.3 is 10.0 Å². The van der Waals surface area contributed by atoms with Gasteiger partial charge in [0, 0.05) is 29.0 Å². The average Bonchev–Trinajstić information content (AvgIpc) is 2.76. The maximum absolute atomic E-state index is 9.81. The highest BCUT2D eigenvalue weighted by atomic mass is 16.3. The lowest BCUT2D eigenvalue weighted by Crippen LogP contribution is -2.27. The fourth-order valence-corrected chi connectivity index (χ4v) is 2.97. The van der Waals surface area contributed by atoms with E-state index >= 15 is 0 Å². The first kappa shape index (κ1) is 12.0. The van der Waals surface area contributed by atoms with Crippen molar-refractivity contribution in [2.24, 2.45) is 0 Å². The first-order chi connectivity index (χ1) is 9.20. The molecule has 3 nitrogen and oxygen atoms in total. The number of aliphatic hydroxyl groups excluding tert-OH is 1. The zero-order chi connectivity index (χ0) is 13.4. The van der Waals surface area contributed by atoms with Crippen LogP contribution in [0.4, 0.5) is 5.69 Å². The molecule has 0 aromatic heterocycles. The van der Waals surface area contributed by atoms with Crippen molar-refractivity contribution in [2.75, 3.05) is 11.4 Å². The quantitative estimate of drug-likeness (QED) is 0.848. The van der Waals surface area contributed by atoms with Crippen molar-refractivity contribution in [3.8, 4) is 6.07 Å². The molecule has 0 radical (unpaired) electrons. The van der Waals surface area contributed by atoms with Gasteiger partial charge in [-0.2, -0.15) is 5.26 Å². The second-order valence-corrected chi connectivity index (χ2v) is 5.18. The number of hydrogen-bond acceptors (Lipinski definition) is 3. The molecule has 1 fully saturated rings. The first-order valence-electron chi connectivity index (χ1n) is 6.57. The van der Waals surface area contributed by atoms with Crippen LogP contribution in [0.1, 0.15) is 18.9 Å². The smallest absolute Gasteiger partial charge is 0.0998 e. The van der Waals surface area contributed by atoms with E-state index in [1.807, 2.05) is 36.4 Å². The molecule has 0 spiro atoms. The molecule has 1 aliphatic rings. The van der Waals surface area contributed by atoms with Crippen molar-refractivity contribution >= 4 is 16.5 Å². The molecule has 0 bridgehead atoms. The summed E-state index contributed by atoms with van der Waals surface area (Å²) >= 11 is 0. The number of nitrogens with zero attached hydrogens (tertiary/aromatic N) is 2. The molecule has 3 rings (SSSR count). The van der Waals surface area contributed by atoms with Crippen LogP contribution in [0.15, 0.2) is 36.4 Å². The summed E-state index contributed by atoms with van der Waals surface area (Å²) in [6, 6.07) is 14.4. The Bertz CT molecular complexity index is 659. The van der Waals surface area contributed by atoms with Crippen LogP contribution < -0.4 is 4.90 Å². The summed E-state index contributed by atoms with van der Waals surface area (Å²) in [5.74, 6) is 0. The average molecular weight is 252 g/mol. The van der Waals surface area contributed by atoms with Crippen molar-refractivity contribution in [3.05, 3.63) is 42.0 Å². The van der Waals surface area contributed by atoms with Crippen LogP contribution in [-0.2, 0) is 0 Å². The Balaban J connectivity index is 2.18. The van der Waals surface area contributed by atoms with Gasteiger partial charge in [0.15, 0.2) is 0 Å². The Hall–Kier alpha value is -2.05. The van der Waals surface area contributed by atoms with Crippen LogP contribution in [0, 0.1) is 11.3 Å². The third-order valence-electron chi connectivity index (χ3n) is 3.88. The van der Waals surface area contributed by atoms with Gasteiger partial charge in [-0.05, 0) is 25.5 Å². The summed E-state index contributed by atoms with van der Waals surface area (Å²) in [7, 11) is 0. The van der Waals surface area contributed by atoms with E-state index in [4.69, 9.17) is 0 Å². The summed E-state index contributed by atoms with van der Waals surface area (Å²) in [6.45, 7) is 2.79. The van der Waals surface area contributed by atoms with Crippen molar-refractivity contribution in [1.29, 1.82) is 5.26 Å². The Labute approximate surface area is 112 Å². The summed E-state index contributed by atoms with van der Waals surface area (Å²) in [5, 5.41) is 21.1. The molecule has 0 amide bonds. The van der Waals surface area contributed by atoms with Gasteiger partial charge in [0.2, 0.25) is 0 Å². The Morgan fingerprint density at radius 2 is 1.95 bits per heavy atom. The lowest BCUT2D eigenvalue weighted by atomic mass is 10.0. The molecule has 2 aromatic rings. The summed E-state index contributed by atoms with van der Waals surface area (Å²) < 4.78 is 0. The molecule has 0 saturated carbocycles. The van der Waals surface area contributed by atoms with Crippen LogP contribution >= 0.6 is 0 Å². The zero-order valence-corrected chi connectivity index (χ0v) is 10.9. The van der Waals surface area contributed by atoms with Crippen LogP contribution in [0.25, 0.3) is 10.8 Å². The highest BCUT2D eigenvalue weighted by molar-refractivity contribution is 5.98. The fourth-order valence-electron chi connectivity index (χ4n) is 2.97. The van der Waals surface area contributed by atoms with E-state index in [2.05, 4.69) is 17.9 Å². The maximum Gasteiger partial charge on any atom is 0.0998 e. The third-order valence-corrected chi connectivity index (χ3v) is 3.88. The number of anilines is 1. The normalized spacial score (nSPS) is 22.7. The van der Waals surface area contributed by atoms with Crippen molar-refractivity contribution in [1.82, 2.24) is 0 Å². The maximum atomic E-state index is 9.81. The fraction of sp³-hybridized carbons (Fsp3) is 0.312. The molecule has 1 N–H and O–H groups in total. The summed E-state index contributed by atoms with van der Waals surface area (Å²) in [6.07, 6.45) is 0.540. The molecule has 1 aliphatic heterocycles. The van der Waals surface area contributed by atoms with Gasteiger partial charge in [-0.1, -0.05) is 24.3 Å². The summed E-state index contributed by atoms with van der Waals surface area (Å²) in [4.78, 5) is 2.23. The highest BCUT2D eigenvalue weighted by Gasteiger charge is 2.28. The lowest BCUT2D eigenvalue weighted by molar-refractivity contribution is 0.195. The largest absolute Gasteiger partial charge is 0.391 e. The number of fused-ring (bicyclic) bond motifs is 1. The number of β-amino-alcohol motifs (C(OH)–C–C–N with tert-alkyl or cyclic N) is 1. The van der Waals surface area contributed by atoms with E-state index < -0.39 is 0 Å². The Morgan fingerprint density at radius 1 is 1.21 bits per heavy atom. The zero-order valence-electron chi connectivity index (χ0n) is 10.9. The predicted octanol–water partition coefficient (Wildman–Crippen LogP) is 2.67.